The molecule has 0 N–H and O–H groups in total. The number of para-hydroxylation sites is 2. The van der Waals surface area contributed by atoms with Gasteiger partial charge in [0, 0.05) is 32.9 Å². The van der Waals surface area contributed by atoms with Crippen molar-refractivity contribution in [2.45, 2.75) is 19.3 Å². The highest BCUT2D eigenvalue weighted by Crippen LogP contribution is 2.51. The van der Waals surface area contributed by atoms with E-state index in [4.69, 9.17) is 15.0 Å². The lowest BCUT2D eigenvalue weighted by atomic mass is 9.82. The van der Waals surface area contributed by atoms with Crippen LogP contribution in [0.5, 0.6) is 0 Å². The van der Waals surface area contributed by atoms with Gasteiger partial charge in [-0.15, -0.1) is 0 Å². The Hall–Kier alpha value is -6.65. The standard InChI is InChI=1S/C48H34N4/c1-48(2)39-24-12-9-22-36(39)44-38(23-15-25-40(44)48)47-50-45(32-18-7-4-8-19-32)49-46(51-47)37-29-28-33(31-16-5-3-6-17-31)30-43(37)52-41-26-13-10-20-34(41)35-21-11-14-27-42(35)52/h3-30H,1-2H3. The topological polar surface area (TPSA) is 43.6 Å². The molecule has 4 nitrogen and oxygen atoms in total. The SMILES string of the molecule is CC1(C)c2ccccc2-c2c(-c3nc(-c4ccccc4)nc(-c4ccc(-c5ccccc5)cc4-n4c5ccccc5c5ccccc54)n3)cccc21. The van der Waals surface area contributed by atoms with E-state index in [-0.39, 0.29) is 5.41 Å². The summed E-state index contributed by atoms with van der Waals surface area (Å²) in [7, 11) is 0. The first-order valence-corrected chi connectivity index (χ1v) is 17.8. The minimum absolute atomic E-state index is 0.142. The molecule has 0 unspecified atom stereocenters. The van der Waals surface area contributed by atoms with Crippen molar-refractivity contribution in [1.29, 1.82) is 0 Å². The van der Waals surface area contributed by atoms with Crippen LogP contribution in [0.3, 0.4) is 0 Å². The molecule has 10 rings (SSSR count). The summed E-state index contributed by atoms with van der Waals surface area (Å²) in [5, 5.41) is 2.41. The Kier molecular flexibility index (Phi) is 6.80. The molecule has 1 aliphatic rings. The average molecular weight is 667 g/mol. The van der Waals surface area contributed by atoms with E-state index in [1.165, 1.54) is 33.0 Å². The van der Waals surface area contributed by atoms with Crippen molar-refractivity contribution in [3.63, 3.8) is 0 Å². The van der Waals surface area contributed by atoms with Crippen LogP contribution < -0.4 is 0 Å². The van der Waals surface area contributed by atoms with Crippen LogP contribution in [0.1, 0.15) is 25.0 Å². The summed E-state index contributed by atoms with van der Waals surface area (Å²) in [5.41, 5.74) is 13.3. The summed E-state index contributed by atoms with van der Waals surface area (Å²) in [5.74, 6) is 1.93. The van der Waals surface area contributed by atoms with Crippen LogP contribution in [0.2, 0.25) is 0 Å². The van der Waals surface area contributed by atoms with Crippen molar-refractivity contribution in [2.24, 2.45) is 0 Å². The smallest absolute Gasteiger partial charge is 0.166 e. The number of aromatic nitrogens is 4. The molecule has 0 saturated carbocycles. The van der Waals surface area contributed by atoms with E-state index in [2.05, 4.69) is 170 Å². The Morgan fingerprint density at radius 3 is 1.65 bits per heavy atom. The van der Waals surface area contributed by atoms with Crippen LogP contribution in [0.15, 0.2) is 170 Å². The van der Waals surface area contributed by atoms with E-state index < -0.39 is 0 Å². The van der Waals surface area contributed by atoms with E-state index in [9.17, 15) is 0 Å². The zero-order chi connectivity index (χ0) is 34.8. The van der Waals surface area contributed by atoms with Crippen molar-refractivity contribution >= 4 is 21.8 Å². The maximum atomic E-state index is 5.40. The molecule has 0 fully saturated rings. The van der Waals surface area contributed by atoms with Crippen LogP contribution in [0.4, 0.5) is 0 Å². The second-order valence-corrected chi connectivity index (χ2v) is 14.0. The first-order valence-electron chi connectivity index (χ1n) is 17.8. The summed E-state index contributed by atoms with van der Waals surface area (Å²) in [6.45, 7) is 4.62. The zero-order valence-corrected chi connectivity index (χ0v) is 29.0. The monoisotopic (exact) mass is 666 g/mol. The molecule has 4 heteroatoms. The van der Waals surface area contributed by atoms with Crippen molar-refractivity contribution < 1.29 is 0 Å². The predicted molar refractivity (Wildman–Crippen MR) is 213 cm³/mol. The molecule has 0 amide bonds. The molecule has 2 aromatic heterocycles. The van der Waals surface area contributed by atoms with E-state index in [0.717, 1.165) is 44.5 Å². The van der Waals surface area contributed by atoms with Gasteiger partial charge in [0.05, 0.1) is 16.7 Å². The minimum Gasteiger partial charge on any atom is -0.308 e. The molecule has 1 aliphatic carbocycles. The lowest BCUT2D eigenvalue weighted by molar-refractivity contribution is 0.660. The largest absolute Gasteiger partial charge is 0.308 e. The molecule has 0 aliphatic heterocycles. The fraction of sp³-hybridized carbons (Fsp3) is 0.0625. The number of rotatable bonds is 5. The molecule has 7 aromatic carbocycles. The lowest BCUT2D eigenvalue weighted by Gasteiger charge is -2.21. The molecule has 0 spiro atoms. The third-order valence-corrected chi connectivity index (χ3v) is 10.7. The van der Waals surface area contributed by atoms with Crippen molar-refractivity contribution in [3.05, 3.63) is 181 Å². The number of nitrogens with zero attached hydrogens (tertiary/aromatic N) is 4. The van der Waals surface area contributed by atoms with E-state index in [1.807, 2.05) is 18.2 Å². The maximum absolute atomic E-state index is 5.40. The second kappa shape index (κ2) is 11.7. The Bertz CT molecular complexity index is 2760. The van der Waals surface area contributed by atoms with E-state index in [0.29, 0.717) is 17.5 Å². The highest BCUT2D eigenvalue weighted by molar-refractivity contribution is 6.09. The molecule has 0 bridgehead atoms. The van der Waals surface area contributed by atoms with Gasteiger partial charge < -0.3 is 4.57 Å². The second-order valence-electron chi connectivity index (χ2n) is 14.0. The van der Waals surface area contributed by atoms with Crippen LogP contribution in [-0.4, -0.2) is 19.5 Å². The van der Waals surface area contributed by atoms with Crippen molar-refractivity contribution in [1.82, 2.24) is 19.5 Å². The number of benzene rings is 7. The number of hydrogen-bond donors (Lipinski definition) is 0. The fourth-order valence-electron chi connectivity index (χ4n) is 8.17. The van der Waals surface area contributed by atoms with Gasteiger partial charge in [0.15, 0.2) is 17.5 Å². The molecule has 0 saturated heterocycles. The van der Waals surface area contributed by atoms with E-state index in [1.54, 1.807) is 0 Å². The first-order chi connectivity index (χ1) is 25.6. The van der Waals surface area contributed by atoms with Crippen molar-refractivity contribution in [2.75, 3.05) is 0 Å². The minimum atomic E-state index is -0.142. The summed E-state index contributed by atoms with van der Waals surface area (Å²) in [6, 6.07) is 60.0. The van der Waals surface area contributed by atoms with Crippen LogP contribution in [0, 0.1) is 0 Å². The Morgan fingerprint density at radius 1 is 0.404 bits per heavy atom. The molecule has 0 radical (unpaired) electrons. The molecular formula is C48H34N4. The van der Waals surface area contributed by atoms with Crippen LogP contribution in [0.25, 0.3) is 83.9 Å². The van der Waals surface area contributed by atoms with Gasteiger partial charge in [0.1, 0.15) is 0 Å². The molecule has 246 valence electrons. The Morgan fingerprint density at radius 2 is 0.942 bits per heavy atom. The van der Waals surface area contributed by atoms with Gasteiger partial charge >= 0.3 is 0 Å². The number of hydrogen-bond acceptors (Lipinski definition) is 3. The number of fused-ring (bicyclic) bond motifs is 6. The maximum Gasteiger partial charge on any atom is 0.166 e. The van der Waals surface area contributed by atoms with Gasteiger partial charge in [-0.3, -0.25) is 0 Å². The Balaban J connectivity index is 1.28. The van der Waals surface area contributed by atoms with Gasteiger partial charge in [-0.2, -0.15) is 0 Å². The third-order valence-electron chi connectivity index (χ3n) is 10.7. The first kappa shape index (κ1) is 30.2. The van der Waals surface area contributed by atoms with Gasteiger partial charge in [-0.1, -0.05) is 159 Å². The highest BCUT2D eigenvalue weighted by atomic mass is 15.1. The summed E-state index contributed by atoms with van der Waals surface area (Å²) >= 11 is 0. The zero-order valence-electron chi connectivity index (χ0n) is 29.0. The van der Waals surface area contributed by atoms with Gasteiger partial charge in [0.25, 0.3) is 0 Å². The molecule has 52 heavy (non-hydrogen) atoms. The molecule has 2 heterocycles. The van der Waals surface area contributed by atoms with E-state index >= 15 is 0 Å². The molecule has 9 aromatic rings. The Labute approximate surface area is 302 Å². The fourth-order valence-corrected chi connectivity index (χ4v) is 8.17. The quantitative estimate of drug-likeness (QED) is 0.184. The summed E-state index contributed by atoms with van der Waals surface area (Å²) in [4.78, 5) is 15.9. The molecule has 0 atom stereocenters. The summed E-state index contributed by atoms with van der Waals surface area (Å²) in [6.07, 6.45) is 0. The van der Waals surface area contributed by atoms with Crippen LogP contribution >= 0.6 is 0 Å². The normalized spacial score (nSPS) is 13.0. The lowest BCUT2D eigenvalue weighted by Crippen LogP contribution is -2.14. The predicted octanol–water partition coefficient (Wildman–Crippen LogP) is 11.9. The molecular weight excluding hydrogens is 633 g/mol. The summed E-state index contributed by atoms with van der Waals surface area (Å²) < 4.78 is 2.37. The van der Waals surface area contributed by atoms with Gasteiger partial charge in [-0.25, -0.2) is 15.0 Å². The third kappa shape index (κ3) is 4.65. The highest BCUT2D eigenvalue weighted by Gasteiger charge is 2.37. The van der Waals surface area contributed by atoms with Gasteiger partial charge in [-0.05, 0) is 57.6 Å². The van der Waals surface area contributed by atoms with Gasteiger partial charge in [0.2, 0.25) is 0 Å². The van der Waals surface area contributed by atoms with Crippen LogP contribution in [-0.2, 0) is 5.41 Å². The average Bonchev–Trinajstić information content (AvgIpc) is 3.67. The van der Waals surface area contributed by atoms with Crippen molar-refractivity contribution in [3.8, 4) is 62.1 Å².